The van der Waals surface area contributed by atoms with Gasteiger partial charge in [0.1, 0.15) is 11.6 Å². The molecular weight excluding hydrogens is 449 g/mol. The number of carbonyl (C=O) groups excluding carboxylic acids is 2. The molecule has 0 aliphatic heterocycles. The number of aromatic amines is 1. The minimum absolute atomic E-state index is 0.0726. The van der Waals surface area contributed by atoms with E-state index in [-0.39, 0.29) is 18.0 Å². The van der Waals surface area contributed by atoms with Crippen molar-refractivity contribution in [1.29, 1.82) is 0 Å². The highest BCUT2D eigenvalue weighted by Crippen LogP contribution is 2.33. The second-order valence-corrected chi connectivity index (χ2v) is 7.84. The zero-order valence-electron chi connectivity index (χ0n) is 20.2. The molecule has 0 spiro atoms. The van der Waals surface area contributed by atoms with E-state index in [4.69, 9.17) is 4.74 Å². The molecule has 8 nitrogen and oxygen atoms in total. The van der Waals surface area contributed by atoms with Crippen molar-refractivity contribution >= 4 is 24.1 Å². The number of hydrogen-bond acceptors (Lipinski definition) is 5. The van der Waals surface area contributed by atoms with Crippen LogP contribution in [0, 0.1) is 12.7 Å². The molecule has 0 atom stereocenters. The minimum atomic E-state index is -0.621. The number of aryl methyl sites for hydroxylation is 1. The number of ether oxygens (including phenoxy) is 1. The van der Waals surface area contributed by atoms with Crippen molar-refractivity contribution in [2.75, 3.05) is 27.2 Å². The zero-order valence-corrected chi connectivity index (χ0v) is 20.2. The van der Waals surface area contributed by atoms with Gasteiger partial charge in [0, 0.05) is 43.5 Å². The van der Waals surface area contributed by atoms with Gasteiger partial charge in [-0.05, 0) is 62.0 Å². The number of likely N-dealkylation sites (N-methyl/N-ethyl adjacent to an activating group) is 1. The maximum atomic E-state index is 14.2. The summed E-state index contributed by atoms with van der Waals surface area (Å²) in [6, 6.07) is 9.33. The molecule has 0 aliphatic rings. The first kappa shape index (κ1) is 25.4. The van der Waals surface area contributed by atoms with Crippen LogP contribution in [0.5, 0.6) is 5.75 Å². The number of aliphatic imine (C=N–C) groups is 1. The lowest BCUT2D eigenvalue weighted by atomic mass is 9.99. The van der Waals surface area contributed by atoms with Crippen LogP contribution in [0.25, 0.3) is 16.7 Å². The van der Waals surface area contributed by atoms with Crippen molar-refractivity contribution < 1.29 is 18.7 Å². The molecule has 0 saturated heterocycles. The first-order chi connectivity index (χ1) is 16.8. The Labute approximate surface area is 203 Å². The molecule has 182 valence electrons. The maximum absolute atomic E-state index is 14.2. The Balaban J connectivity index is 1.93. The summed E-state index contributed by atoms with van der Waals surface area (Å²) in [4.78, 5) is 30.7. The molecule has 0 saturated carbocycles. The summed E-state index contributed by atoms with van der Waals surface area (Å²) in [5, 5.41) is 9.40. The normalized spacial score (nSPS) is 11.2. The first-order valence-electron chi connectivity index (χ1n) is 11.0. The van der Waals surface area contributed by atoms with Crippen LogP contribution in [0.2, 0.25) is 0 Å². The number of benzene rings is 2. The number of halogens is 1. The van der Waals surface area contributed by atoms with E-state index >= 15 is 0 Å². The van der Waals surface area contributed by atoms with Gasteiger partial charge in [0.15, 0.2) is 0 Å². The Morgan fingerprint density at radius 2 is 2.06 bits per heavy atom. The monoisotopic (exact) mass is 477 g/mol. The van der Waals surface area contributed by atoms with Gasteiger partial charge >= 0.3 is 0 Å². The van der Waals surface area contributed by atoms with Crippen LogP contribution in [0.3, 0.4) is 0 Å². The fourth-order valence-corrected chi connectivity index (χ4v) is 3.68. The van der Waals surface area contributed by atoms with E-state index in [0.29, 0.717) is 29.0 Å². The third-order valence-corrected chi connectivity index (χ3v) is 5.43. The molecule has 0 fully saturated rings. The quantitative estimate of drug-likeness (QED) is 0.453. The van der Waals surface area contributed by atoms with E-state index in [1.165, 1.54) is 19.2 Å². The largest absolute Gasteiger partial charge is 0.493 e. The zero-order chi connectivity index (χ0) is 25.5. The van der Waals surface area contributed by atoms with Crippen molar-refractivity contribution in [2.24, 2.45) is 4.99 Å². The Bertz CT molecular complexity index is 1280. The third kappa shape index (κ3) is 5.63. The highest BCUT2D eigenvalue weighted by molar-refractivity contribution is 5.97. The van der Waals surface area contributed by atoms with E-state index in [0.717, 1.165) is 16.8 Å². The van der Waals surface area contributed by atoms with Crippen LogP contribution in [-0.4, -0.2) is 60.9 Å². The number of H-pyrrole nitrogens is 1. The van der Waals surface area contributed by atoms with Crippen molar-refractivity contribution in [1.82, 2.24) is 20.4 Å². The topological polar surface area (TPSA) is 99.7 Å². The Hall–Kier alpha value is -4.27. The van der Waals surface area contributed by atoms with Gasteiger partial charge < -0.3 is 15.0 Å². The molecule has 0 bridgehead atoms. The second-order valence-electron chi connectivity index (χ2n) is 7.84. The van der Waals surface area contributed by atoms with E-state index in [1.54, 1.807) is 48.6 Å². The van der Waals surface area contributed by atoms with E-state index in [9.17, 15) is 14.0 Å². The van der Waals surface area contributed by atoms with Gasteiger partial charge in [-0.1, -0.05) is 6.07 Å². The summed E-state index contributed by atoms with van der Waals surface area (Å²) in [7, 11) is 3.13. The molecule has 0 unspecified atom stereocenters. The number of carbonyl (C=O) groups is 2. The summed E-state index contributed by atoms with van der Waals surface area (Å²) in [6.07, 6.45) is 3.30. The van der Waals surface area contributed by atoms with Crippen molar-refractivity contribution in [3.8, 4) is 16.9 Å². The molecular formula is C26H28FN5O3. The number of rotatable bonds is 9. The molecule has 2 amide bonds. The molecule has 3 rings (SSSR count). The van der Waals surface area contributed by atoms with Crippen LogP contribution in [0.15, 0.2) is 53.8 Å². The molecule has 1 aromatic heterocycles. The number of amides is 2. The molecule has 9 heteroatoms. The molecule has 0 radical (unpaired) electrons. The summed E-state index contributed by atoms with van der Waals surface area (Å²) >= 11 is 0. The highest BCUT2D eigenvalue weighted by atomic mass is 19.1. The SMILES string of the molecule is C=N/C=C(/CN(C)C(=O)c1ccc(-c2ccc(F)c(C(=O)NC)c2)c(OCC)c1)c1[nH]ncc1C. The van der Waals surface area contributed by atoms with Gasteiger partial charge in [-0.3, -0.25) is 19.7 Å². The van der Waals surface area contributed by atoms with E-state index in [2.05, 4.69) is 27.2 Å². The summed E-state index contributed by atoms with van der Waals surface area (Å²) in [5.41, 5.74) is 4.06. The molecule has 35 heavy (non-hydrogen) atoms. The number of hydrogen-bond donors (Lipinski definition) is 2. The van der Waals surface area contributed by atoms with Crippen LogP contribution >= 0.6 is 0 Å². The van der Waals surface area contributed by atoms with Gasteiger partial charge in [-0.2, -0.15) is 5.10 Å². The molecule has 0 aliphatic carbocycles. The van der Waals surface area contributed by atoms with Gasteiger partial charge in [0.2, 0.25) is 0 Å². The average Bonchev–Trinajstić information content (AvgIpc) is 3.29. The predicted molar refractivity (Wildman–Crippen MR) is 134 cm³/mol. The maximum Gasteiger partial charge on any atom is 0.254 e. The molecule has 2 N–H and O–H groups in total. The summed E-state index contributed by atoms with van der Waals surface area (Å²) < 4.78 is 20.0. The van der Waals surface area contributed by atoms with Crippen LogP contribution in [-0.2, 0) is 0 Å². The Morgan fingerprint density at radius 3 is 2.69 bits per heavy atom. The highest BCUT2D eigenvalue weighted by Gasteiger charge is 2.19. The number of aromatic nitrogens is 2. The van der Waals surface area contributed by atoms with Crippen LogP contribution in [0.4, 0.5) is 4.39 Å². The molecule has 2 aromatic carbocycles. The Kier molecular flexibility index (Phi) is 8.14. The third-order valence-electron chi connectivity index (χ3n) is 5.43. The fourth-order valence-electron chi connectivity index (χ4n) is 3.68. The van der Waals surface area contributed by atoms with Gasteiger partial charge in [0.25, 0.3) is 11.8 Å². The summed E-state index contributed by atoms with van der Waals surface area (Å²) in [5.74, 6) is -0.921. The van der Waals surface area contributed by atoms with Gasteiger partial charge in [-0.25, -0.2) is 4.39 Å². The smallest absolute Gasteiger partial charge is 0.254 e. The number of nitrogens with zero attached hydrogens (tertiary/aromatic N) is 3. The van der Waals surface area contributed by atoms with Gasteiger partial charge in [-0.15, -0.1) is 0 Å². The van der Waals surface area contributed by atoms with E-state index < -0.39 is 11.7 Å². The first-order valence-corrected chi connectivity index (χ1v) is 11.0. The predicted octanol–water partition coefficient (Wildman–Crippen LogP) is 4.10. The van der Waals surface area contributed by atoms with Gasteiger partial charge in [0.05, 0.1) is 24.1 Å². The van der Waals surface area contributed by atoms with Crippen LogP contribution in [0.1, 0.15) is 38.9 Å². The Morgan fingerprint density at radius 1 is 1.29 bits per heavy atom. The van der Waals surface area contributed by atoms with Crippen molar-refractivity contribution in [3.05, 3.63) is 77.0 Å². The lowest BCUT2D eigenvalue weighted by molar-refractivity contribution is 0.0811. The second kappa shape index (κ2) is 11.2. The summed E-state index contributed by atoms with van der Waals surface area (Å²) in [6.45, 7) is 7.90. The molecule has 1 heterocycles. The van der Waals surface area contributed by atoms with E-state index in [1.807, 2.05) is 13.8 Å². The minimum Gasteiger partial charge on any atom is -0.493 e. The van der Waals surface area contributed by atoms with Crippen molar-refractivity contribution in [3.63, 3.8) is 0 Å². The molecule has 3 aromatic rings. The fraction of sp³-hybridized carbons (Fsp3) is 0.231. The number of nitrogens with one attached hydrogen (secondary N) is 2. The average molecular weight is 478 g/mol. The van der Waals surface area contributed by atoms with Crippen molar-refractivity contribution in [2.45, 2.75) is 13.8 Å². The van der Waals surface area contributed by atoms with Crippen LogP contribution < -0.4 is 10.1 Å². The standard InChI is InChI=1S/C26H28FN5O3/c1-6-35-23-12-18(7-9-20(23)17-8-10-22(27)21(11-17)25(33)29-4)26(34)32(5)15-19(14-28-3)24-16(2)13-30-31-24/h7-14H,3,6,15H2,1-2,4-5H3,(H,29,33)(H,30,31)/b19-14-. The lowest BCUT2D eigenvalue weighted by Gasteiger charge is -2.20. The lowest BCUT2D eigenvalue weighted by Crippen LogP contribution is -2.28.